The van der Waals surface area contributed by atoms with Crippen molar-refractivity contribution < 1.29 is 22.5 Å². The van der Waals surface area contributed by atoms with Crippen molar-refractivity contribution in [2.24, 2.45) is 0 Å². The van der Waals surface area contributed by atoms with Gasteiger partial charge in [0.1, 0.15) is 23.0 Å². The SMILES string of the molecule is C=CCN(c1ccccc1)S(=O)(=O)c1cc(C(=O)OCc2cc(C)on2)ccc1Cl. The number of ether oxygens (including phenoxy) is 1. The molecular weight excluding hydrogens is 428 g/mol. The molecule has 0 atom stereocenters. The van der Waals surface area contributed by atoms with Crippen molar-refractivity contribution in [1.82, 2.24) is 5.16 Å². The van der Waals surface area contributed by atoms with E-state index < -0.39 is 16.0 Å². The van der Waals surface area contributed by atoms with Crippen LogP contribution in [-0.2, 0) is 21.4 Å². The summed E-state index contributed by atoms with van der Waals surface area (Å²) in [7, 11) is -4.07. The van der Waals surface area contributed by atoms with Gasteiger partial charge in [-0.1, -0.05) is 41.0 Å². The summed E-state index contributed by atoms with van der Waals surface area (Å²) in [6.07, 6.45) is 1.47. The average Bonchev–Trinajstić information content (AvgIpc) is 3.16. The quantitative estimate of drug-likeness (QED) is 0.377. The van der Waals surface area contributed by atoms with Gasteiger partial charge in [0, 0.05) is 6.07 Å². The van der Waals surface area contributed by atoms with Crippen LogP contribution in [-0.4, -0.2) is 26.1 Å². The number of para-hydroxylation sites is 1. The molecule has 0 bridgehead atoms. The number of aryl methyl sites for hydroxylation is 1. The second-order valence-corrected chi connectivity index (χ2v) is 8.55. The monoisotopic (exact) mass is 446 g/mol. The highest BCUT2D eigenvalue weighted by molar-refractivity contribution is 7.93. The second kappa shape index (κ2) is 9.15. The highest BCUT2D eigenvalue weighted by atomic mass is 35.5. The van der Waals surface area contributed by atoms with Crippen LogP contribution in [0.25, 0.3) is 0 Å². The standard InChI is InChI=1S/C21H19ClN2O5S/c1-3-11-24(18-7-5-4-6-8-18)30(26,27)20-13-16(9-10-19(20)22)21(25)28-14-17-12-15(2)29-23-17/h3-10,12-13H,1,11,14H2,2H3. The smallest absolute Gasteiger partial charge is 0.338 e. The van der Waals surface area contributed by atoms with Crippen LogP contribution in [0.5, 0.6) is 0 Å². The Morgan fingerprint density at radius 1 is 1.23 bits per heavy atom. The van der Waals surface area contributed by atoms with Gasteiger partial charge in [-0.05, 0) is 37.3 Å². The first-order valence-electron chi connectivity index (χ1n) is 8.90. The fourth-order valence-corrected chi connectivity index (χ4v) is 4.65. The van der Waals surface area contributed by atoms with Crippen LogP contribution in [0.3, 0.4) is 0 Å². The van der Waals surface area contributed by atoms with Gasteiger partial charge < -0.3 is 9.26 Å². The summed E-state index contributed by atoms with van der Waals surface area (Å²) in [6.45, 7) is 5.28. The molecule has 9 heteroatoms. The summed E-state index contributed by atoms with van der Waals surface area (Å²) < 4.78 is 37.9. The molecule has 0 spiro atoms. The van der Waals surface area contributed by atoms with Gasteiger partial charge >= 0.3 is 5.97 Å². The van der Waals surface area contributed by atoms with E-state index in [-0.39, 0.29) is 28.6 Å². The van der Waals surface area contributed by atoms with Gasteiger partial charge in [-0.15, -0.1) is 6.58 Å². The molecule has 1 aromatic heterocycles. The second-order valence-electron chi connectivity index (χ2n) is 6.31. The molecule has 0 aliphatic rings. The molecule has 2 aromatic carbocycles. The molecule has 156 valence electrons. The Morgan fingerprint density at radius 2 is 1.97 bits per heavy atom. The first-order valence-corrected chi connectivity index (χ1v) is 10.7. The molecule has 3 aromatic rings. The normalized spacial score (nSPS) is 11.1. The Balaban J connectivity index is 1.90. The number of hydrogen-bond acceptors (Lipinski definition) is 6. The van der Waals surface area contributed by atoms with Crippen molar-refractivity contribution in [1.29, 1.82) is 0 Å². The third kappa shape index (κ3) is 4.72. The fraction of sp³-hybridized carbons (Fsp3) is 0.143. The topological polar surface area (TPSA) is 89.7 Å². The molecule has 0 N–H and O–H groups in total. The Hall–Kier alpha value is -3.10. The molecule has 0 aliphatic heterocycles. The number of sulfonamides is 1. The minimum Gasteiger partial charge on any atom is -0.455 e. The number of esters is 1. The Bertz CT molecular complexity index is 1160. The number of benzene rings is 2. The molecule has 7 nitrogen and oxygen atoms in total. The molecule has 0 saturated carbocycles. The molecule has 0 aliphatic carbocycles. The van der Waals surface area contributed by atoms with Crippen molar-refractivity contribution in [2.45, 2.75) is 18.4 Å². The van der Waals surface area contributed by atoms with E-state index in [2.05, 4.69) is 11.7 Å². The molecule has 0 radical (unpaired) electrons. The van der Waals surface area contributed by atoms with E-state index in [1.807, 2.05) is 0 Å². The van der Waals surface area contributed by atoms with Crippen molar-refractivity contribution in [3.8, 4) is 0 Å². The number of halogens is 1. The maximum atomic E-state index is 13.3. The van der Waals surface area contributed by atoms with Crippen molar-refractivity contribution in [3.63, 3.8) is 0 Å². The summed E-state index contributed by atoms with van der Waals surface area (Å²) in [6, 6.07) is 14.1. The van der Waals surface area contributed by atoms with Crippen LogP contribution >= 0.6 is 11.6 Å². The largest absolute Gasteiger partial charge is 0.455 e. The van der Waals surface area contributed by atoms with E-state index in [1.54, 1.807) is 43.3 Å². The van der Waals surface area contributed by atoms with Gasteiger partial charge in [0.05, 0.1) is 22.8 Å². The third-order valence-corrected chi connectivity index (χ3v) is 6.38. The van der Waals surface area contributed by atoms with Crippen LogP contribution in [0, 0.1) is 6.92 Å². The molecule has 0 saturated heterocycles. The van der Waals surface area contributed by atoms with Crippen molar-refractivity contribution in [3.05, 3.63) is 89.3 Å². The average molecular weight is 447 g/mol. The van der Waals surface area contributed by atoms with Crippen LogP contribution in [0.4, 0.5) is 5.69 Å². The molecule has 3 rings (SSSR count). The van der Waals surface area contributed by atoms with Crippen molar-refractivity contribution in [2.75, 3.05) is 10.8 Å². The fourth-order valence-electron chi connectivity index (χ4n) is 2.71. The first-order chi connectivity index (χ1) is 14.3. The van der Waals surface area contributed by atoms with Crippen molar-refractivity contribution >= 4 is 33.3 Å². The molecule has 30 heavy (non-hydrogen) atoms. The van der Waals surface area contributed by atoms with Crippen LogP contribution in [0.1, 0.15) is 21.8 Å². The van der Waals surface area contributed by atoms with E-state index >= 15 is 0 Å². The lowest BCUT2D eigenvalue weighted by atomic mass is 10.2. The number of hydrogen-bond donors (Lipinski definition) is 0. The lowest BCUT2D eigenvalue weighted by Crippen LogP contribution is -2.31. The molecule has 0 unspecified atom stereocenters. The van der Waals surface area contributed by atoms with Crippen LogP contribution in [0.2, 0.25) is 5.02 Å². The van der Waals surface area contributed by atoms with Gasteiger partial charge in [-0.3, -0.25) is 4.31 Å². The number of carbonyl (C=O) groups is 1. The number of anilines is 1. The molecule has 1 heterocycles. The third-order valence-electron chi connectivity index (χ3n) is 4.10. The minimum atomic E-state index is -4.07. The maximum absolute atomic E-state index is 13.3. The summed E-state index contributed by atoms with van der Waals surface area (Å²) in [4.78, 5) is 12.2. The van der Waals surface area contributed by atoms with Gasteiger partial charge in [0.15, 0.2) is 0 Å². The van der Waals surface area contributed by atoms with Crippen LogP contribution in [0.15, 0.2) is 76.7 Å². The Morgan fingerprint density at radius 3 is 2.60 bits per heavy atom. The highest BCUT2D eigenvalue weighted by Gasteiger charge is 2.27. The minimum absolute atomic E-state index is 0.0105. The number of rotatable bonds is 8. The summed E-state index contributed by atoms with van der Waals surface area (Å²) in [5.74, 6) is -0.122. The van der Waals surface area contributed by atoms with E-state index in [0.29, 0.717) is 17.1 Å². The van der Waals surface area contributed by atoms with Gasteiger partial charge in [-0.2, -0.15) is 0 Å². The lowest BCUT2D eigenvalue weighted by molar-refractivity contribution is 0.0464. The highest BCUT2D eigenvalue weighted by Crippen LogP contribution is 2.29. The Labute approximate surface area is 179 Å². The molecule has 0 fully saturated rings. The van der Waals surface area contributed by atoms with E-state index in [1.165, 1.54) is 24.3 Å². The van der Waals surface area contributed by atoms with Gasteiger partial charge in [-0.25, -0.2) is 13.2 Å². The van der Waals surface area contributed by atoms with Crippen LogP contribution < -0.4 is 4.31 Å². The molecule has 0 amide bonds. The lowest BCUT2D eigenvalue weighted by Gasteiger charge is -2.23. The van der Waals surface area contributed by atoms with E-state index in [0.717, 1.165) is 4.31 Å². The number of aromatic nitrogens is 1. The number of carbonyl (C=O) groups excluding carboxylic acids is 1. The predicted octanol–water partition coefficient (Wildman–Crippen LogP) is 4.37. The molecular formula is C21H19ClN2O5S. The summed E-state index contributed by atoms with van der Waals surface area (Å²) >= 11 is 6.19. The summed E-state index contributed by atoms with van der Waals surface area (Å²) in [5, 5.41) is 3.73. The Kier molecular flexibility index (Phi) is 6.59. The zero-order valence-corrected chi connectivity index (χ0v) is 17.7. The number of nitrogens with zero attached hydrogens (tertiary/aromatic N) is 2. The van der Waals surface area contributed by atoms with Gasteiger partial charge in [0.2, 0.25) is 0 Å². The first kappa shape index (κ1) is 21.6. The zero-order chi connectivity index (χ0) is 21.7. The van der Waals surface area contributed by atoms with E-state index in [4.69, 9.17) is 20.9 Å². The van der Waals surface area contributed by atoms with E-state index in [9.17, 15) is 13.2 Å². The van der Waals surface area contributed by atoms with Gasteiger partial charge in [0.25, 0.3) is 10.0 Å². The predicted molar refractivity (Wildman–Crippen MR) is 113 cm³/mol. The maximum Gasteiger partial charge on any atom is 0.338 e. The summed E-state index contributed by atoms with van der Waals surface area (Å²) in [5.41, 5.74) is 0.941. The zero-order valence-electron chi connectivity index (χ0n) is 16.1.